The fourth-order valence-electron chi connectivity index (χ4n) is 2.46. The quantitative estimate of drug-likeness (QED) is 0.833. The summed E-state index contributed by atoms with van der Waals surface area (Å²) in [6, 6.07) is -0.423. The lowest BCUT2D eigenvalue weighted by Crippen LogP contribution is -2.51. The molecule has 1 fully saturated rings. The molecule has 1 saturated heterocycles. The van der Waals surface area contributed by atoms with Gasteiger partial charge in [0.2, 0.25) is 5.89 Å². The van der Waals surface area contributed by atoms with Crippen molar-refractivity contribution >= 4 is 5.97 Å². The zero-order valence-corrected chi connectivity index (χ0v) is 12.9. The van der Waals surface area contributed by atoms with E-state index in [1.807, 2.05) is 4.90 Å². The number of aliphatic carboxylic acids is 1. The maximum atomic E-state index is 11.0. The Labute approximate surface area is 124 Å². The van der Waals surface area contributed by atoms with Gasteiger partial charge in [-0.05, 0) is 12.8 Å². The second kappa shape index (κ2) is 7.00. The van der Waals surface area contributed by atoms with Crippen molar-refractivity contribution in [2.24, 2.45) is 5.92 Å². The van der Waals surface area contributed by atoms with Crippen LogP contribution in [0.2, 0.25) is 0 Å². The van der Waals surface area contributed by atoms with Crippen LogP contribution in [-0.4, -0.2) is 63.2 Å². The third kappa shape index (κ3) is 4.50. The summed E-state index contributed by atoms with van der Waals surface area (Å²) in [6.07, 6.45) is 0.827. The van der Waals surface area contributed by atoms with Crippen LogP contribution >= 0.6 is 0 Å². The Balaban J connectivity index is 1.80. The Kier molecular flexibility index (Phi) is 5.30. The van der Waals surface area contributed by atoms with Crippen LogP contribution in [0.15, 0.2) is 4.52 Å². The number of carboxylic acids is 1. The summed E-state index contributed by atoms with van der Waals surface area (Å²) < 4.78 is 5.27. The topological polar surface area (TPSA) is 82.7 Å². The number of nitrogens with zero attached hydrogens (tertiary/aromatic N) is 4. The maximum Gasteiger partial charge on any atom is 0.320 e. The van der Waals surface area contributed by atoms with Crippen LogP contribution in [0.25, 0.3) is 0 Å². The summed E-state index contributed by atoms with van der Waals surface area (Å²) in [4.78, 5) is 19.6. The predicted octanol–water partition coefficient (Wildman–Crippen LogP) is 0.859. The van der Waals surface area contributed by atoms with Crippen LogP contribution in [0.5, 0.6) is 0 Å². The molecule has 0 aromatic carbocycles. The van der Waals surface area contributed by atoms with E-state index >= 15 is 0 Å². The summed E-state index contributed by atoms with van der Waals surface area (Å²) in [6.45, 7) is 9.76. The van der Waals surface area contributed by atoms with E-state index in [2.05, 4.69) is 28.9 Å². The molecule has 7 heteroatoms. The monoisotopic (exact) mass is 296 g/mol. The third-order valence-corrected chi connectivity index (χ3v) is 3.77. The minimum atomic E-state index is -0.765. The molecule has 0 saturated carbocycles. The molecule has 0 amide bonds. The molecule has 7 nitrogen and oxygen atoms in total. The average molecular weight is 296 g/mol. The van der Waals surface area contributed by atoms with E-state index in [4.69, 9.17) is 9.63 Å². The van der Waals surface area contributed by atoms with Gasteiger partial charge in [-0.1, -0.05) is 19.0 Å². The number of aromatic nitrogens is 2. The van der Waals surface area contributed by atoms with E-state index < -0.39 is 12.0 Å². The van der Waals surface area contributed by atoms with Gasteiger partial charge in [-0.25, -0.2) is 0 Å². The van der Waals surface area contributed by atoms with Gasteiger partial charge in [0.1, 0.15) is 6.04 Å². The minimum Gasteiger partial charge on any atom is -0.480 e. The van der Waals surface area contributed by atoms with Crippen LogP contribution < -0.4 is 0 Å². The SMILES string of the molecule is CC(C)Cc1noc(CN2CCN(C(C)C(=O)O)CC2)n1. The Morgan fingerprint density at radius 3 is 2.52 bits per heavy atom. The largest absolute Gasteiger partial charge is 0.480 e. The van der Waals surface area contributed by atoms with Crippen molar-refractivity contribution < 1.29 is 14.4 Å². The van der Waals surface area contributed by atoms with E-state index in [1.165, 1.54) is 0 Å². The van der Waals surface area contributed by atoms with E-state index in [9.17, 15) is 4.79 Å². The molecule has 0 aliphatic carbocycles. The maximum absolute atomic E-state index is 11.0. The molecule has 1 atom stereocenters. The molecule has 1 aliphatic heterocycles. The van der Waals surface area contributed by atoms with Crippen LogP contribution in [0.1, 0.15) is 32.5 Å². The molecule has 1 aromatic heterocycles. The van der Waals surface area contributed by atoms with E-state index in [1.54, 1.807) is 6.92 Å². The van der Waals surface area contributed by atoms with Crippen molar-refractivity contribution in [1.82, 2.24) is 19.9 Å². The molecule has 1 N–H and O–H groups in total. The van der Waals surface area contributed by atoms with Gasteiger partial charge in [0, 0.05) is 32.6 Å². The third-order valence-electron chi connectivity index (χ3n) is 3.77. The van der Waals surface area contributed by atoms with Crippen molar-refractivity contribution in [1.29, 1.82) is 0 Å². The second-order valence-corrected chi connectivity index (χ2v) is 6.03. The molecule has 1 aliphatic rings. The van der Waals surface area contributed by atoms with Crippen molar-refractivity contribution in [3.05, 3.63) is 11.7 Å². The lowest BCUT2D eigenvalue weighted by Gasteiger charge is -2.35. The molecule has 118 valence electrons. The van der Waals surface area contributed by atoms with Gasteiger partial charge in [0.05, 0.1) is 6.54 Å². The second-order valence-electron chi connectivity index (χ2n) is 6.03. The lowest BCUT2D eigenvalue weighted by atomic mass is 10.1. The highest BCUT2D eigenvalue weighted by Gasteiger charge is 2.25. The zero-order chi connectivity index (χ0) is 15.4. The van der Waals surface area contributed by atoms with Crippen LogP contribution in [-0.2, 0) is 17.8 Å². The van der Waals surface area contributed by atoms with Crippen LogP contribution in [0.4, 0.5) is 0 Å². The van der Waals surface area contributed by atoms with Gasteiger partial charge in [0.15, 0.2) is 5.82 Å². The molecule has 2 rings (SSSR count). The van der Waals surface area contributed by atoms with E-state index in [0.29, 0.717) is 18.4 Å². The Hall–Kier alpha value is -1.47. The molecule has 21 heavy (non-hydrogen) atoms. The Bertz CT molecular complexity index is 467. The first-order chi connectivity index (χ1) is 9.95. The number of carboxylic acid groups (broad SMARTS) is 1. The van der Waals surface area contributed by atoms with E-state index in [0.717, 1.165) is 38.4 Å². The summed E-state index contributed by atoms with van der Waals surface area (Å²) in [5.74, 6) is 1.15. The molecule has 0 bridgehead atoms. The molecular weight excluding hydrogens is 272 g/mol. The van der Waals surface area contributed by atoms with Gasteiger partial charge in [-0.2, -0.15) is 4.98 Å². The standard InChI is InChI=1S/C14H24N4O3/c1-10(2)8-12-15-13(21-16-12)9-17-4-6-18(7-5-17)11(3)14(19)20/h10-11H,4-9H2,1-3H3,(H,19,20). The molecule has 1 unspecified atom stereocenters. The number of piperazine rings is 1. The Morgan fingerprint density at radius 2 is 1.95 bits per heavy atom. The smallest absolute Gasteiger partial charge is 0.320 e. The first-order valence-electron chi connectivity index (χ1n) is 7.46. The average Bonchev–Trinajstić information content (AvgIpc) is 2.85. The molecule has 0 spiro atoms. The van der Waals surface area contributed by atoms with E-state index in [-0.39, 0.29) is 0 Å². The van der Waals surface area contributed by atoms with Gasteiger partial charge in [0.25, 0.3) is 0 Å². The highest BCUT2D eigenvalue weighted by Crippen LogP contribution is 2.11. The van der Waals surface area contributed by atoms with Crippen LogP contribution in [0.3, 0.4) is 0 Å². The normalized spacial score (nSPS) is 19.0. The van der Waals surface area contributed by atoms with Crippen molar-refractivity contribution in [2.75, 3.05) is 26.2 Å². The summed E-state index contributed by atoms with van der Waals surface area (Å²) in [7, 11) is 0. The number of hydrogen-bond donors (Lipinski definition) is 1. The number of rotatable bonds is 6. The predicted molar refractivity (Wildman–Crippen MR) is 76.8 cm³/mol. The fraction of sp³-hybridized carbons (Fsp3) is 0.786. The minimum absolute atomic E-state index is 0.423. The molecular formula is C14H24N4O3. The molecule has 2 heterocycles. The summed E-state index contributed by atoms with van der Waals surface area (Å²) in [5, 5.41) is 13.0. The van der Waals surface area contributed by atoms with Crippen molar-refractivity contribution in [3.63, 3.8) is 0 Å². The van der Waals surface area contributed by atoms with Gasteiger partial charge < -0.3 is 9.63 Å². The first-order valence-corrected chi connectivity index (χ1v) is 7.46. The molecule has 0 radical (unpaired) electrons. The van der Waals surface area contributed by atoms with Gasteiger partial charge in [-0.3, -0.25) is 14.6 Å². The number of hydrogen-bond acceptors (Lipinski definition) is 6. The van der Waals surface area contributed by atoms with Gasteiger partial charge >= 0.3 is 5.97 Å². The summed E-state index contributed by atoms with van der Waals surface area (Å²) >= 11 is 0. The van der Waals surface area contributed by atoms with Crippen LogP contribution in [0, 0.1) is 5.92 Å². The highest BCUT2D eigenvalue weighted by molar-refractivity contribution is 5.72. The van der Waals surface area contributed by atoms with Crippen molar-refractivity contribution in [3.8, 4) is 0 Å². The number of carbonyl (C=O) groups is 1. The van der Waals surface area contributed by atoms with Crippen molar-refractivity contribution in [2.45, 2.75) is 39.8 Å². The fourth-order valence-corrected chi connectivity index (χ4v) is 2.46. The molecule has 1 aromatic rings. The summed E-state index contributed by atoms with van der Waals surface area (Å²) in [5.41, 5.74) is 0. The van der Waals surface area contributed by atoms with Gasteiger partial charge in [-0.15, -0.1) is 0 Å². The highest BCUT2D eigenvalue weighted by atomic mass is 16.5. The zero-order valence-electron chi connectivity index (χ0n) is 12.9. The first kappa shape index (κ1) is 15.9. The Morgan fingerprint density at radius 1 is 1.29 bits per heavy atom. The lowest BCUT2D eigenvalue weighted by molar-refractivity contribution is -0.143.